The second kappa shape index (κ2) is 5.87. The highest BCUT2D eigenvalue weighted by Crippen LogP contribution is 2.18. The minimum atomic E-state index is -0.491. The number of ether oxygens (including phenoxy) is 2. The van der Waals surface area contributed by atoms with Crippen molar-refractivity contribution < 1.29 is 14.3 Å². The Kier molecular flexibility index (Phi) is 4.73. The molecule has 4 nitrogen and oxygen atoms in total. The minimum Gasteiger partial charge on any atom is -0.444 e. The fourth-order valence-corrected chi connectivity index (χ4v) is 1.40. The van der Waals surface area contributed by atoms with Crippen LogP contribution in [0.2, 0.25) is 0 Å². The van der Waals surface area contributed by atoms with Crippen LogP contribution in [0.1, 0.15) is 39.4 Å². The number of anilines is 1. The third kappa shape index (κ3) is 4.75. The summed E-state index contributed by atoms with van der Waals surface area (Å²) in [5.41, 5.74) is 1.28. The first-order chi connectivity index (χ1) is 8.31. The summed E-state index contributed by atoms with van der Waals surface area (Å²) in [6.45, 7) is 7.46. The van der Waals surface area contributed by atoms with E-state index in [4.69, 9.17) is 9.47 Å². The molecule has 1 rings (SSSR count). The van der Waals surface area contributed by atoms with Crippen LogP contribution in [0.25, 0.3) is 0 Å². The lowest BCUT2D eigenvalue weighted by Gasteiger charge is -2.19. The van der Waals surface area contributed by atoms with Crippen LogP contribution in [0.15, 0.2) is 24.3 Å². The molecule has 0 spiro atoms. The van der Waals surface area contributed by atoms with Crippen molar-refractivity contribution in [3.05, 3.63) is 29.8 Å². The molecule has 0 heterocycles. The zero-order valence-corrected chi connectivity index (χ0v) is 11.6. The van der Waals surface area contributed by atoms with E-state index in [1.54, 1.807) is 7.11 Å². The number of benzene rings is 1. The van der Waals surface area contributed by atoms with E-state index in [1.807, 2.05) is 52.0 Å². The number of rotatable bonds is 3. The van der Waals surface area contributed by atoms with Crippen LogP contribution in [0.4, 0.5) is 10.5 Å². The van der Waals surface area contributed by atoms with Crippen LogP contribution in [0.3, 0.4) is 0 Å². The van der Waals surface area contributed by atoms with Crippen LogP contribution in [0.5, 0.6) is 0 Å². The summed E-state index contributed by atoms with van der Waals surface area (Å²) in [5, 5.41) is 2.68. The highest BCUT2D eigenvalue weighted by molar-refractivity contribution is 5.84. The monoisotopic (exact) mass is 251 g/mol. The van der Waals surface area contributed by atoms with Gasteiger partial charge in [0.25, 0.3) is 0 Å². The Balaban J connectivity index is 2.61. The molecule has 1 N–H and O–H groups in total. The van der Waals surface area contributed by atoms with Crippen molar-refractivity contribution in [1.29, 1.82) is 0 Å². The SMILES string of the molecule is COC(C)c1ccc(NC(=O)OC(C)(C)C)cc1. The van der Waals surface area contributed by atoms with Gasteiger partial charge in [-0.15, -0.1) is 0 Å². The van der Waals surface area contributed by atoms with Gasteiger partial charge < -0.3 is 9.47 Å². The molecule has 100 valence electrons. The largest absolute Gasteiger partial charge is 0.444 e. The maximum absolute atomic E-state index is 11.5. The number of hydrogen-bond donors (Lipinski definition) is 1. The third-order valence-corrected chi connectivity index (χ3v) is 2.38. The van der Waals surface area contributed by atoms with Crippen molar-refractivity contribution in [2.45, 2.75) is 39.4 Å². The second-order valence-corrected chi connectivity index (χ2v) is 5.13. The zero-order valence-electron chi connectivity index (χ0n) is 11.6. The van der Waals surface area contributed by atoms with Crippen LogP contribution < -0.4 is 5.32 Å². The molecule has 1 aromatic rings. The number of methoxy groups -OCH3 is 1. The summed E-state index contributed by atoms with van der Waals surface area (Å²) >= 11 is 0. The molecule has 0 aromatic heterocycles. The van der Waals surface area contributed by atoms with Gasteiger partial charge in [-0.2, -0.15) is 0 Å². The Morgan fingerprint density at radius 3 is 2.22 bits per heavy atom. The van der Waals surface area contributed by atoms with E-state index in [9.17, 15) is 4.79 Å². The zero-order chi connectivity index (χ0) is 13.8. The predicted molar refractivity (Wildman–Crippen MR) is 71.7 cm³/mol. The molecule has 0 saturated carbocycles. The first-order valence-electron chi connectivity index (χ1n) is 5.94. The second-order valence-electron chi connectivity index (χ2n) is 5.13. The van der Waals surface area contributed by atoms with Gasteiger partial charge in [0.1, 0.15) is 5.60 Å². The predicted octanol–water partition coefficient (Wildman–Crippen LogP) is 3.74. The van der Waals surface area contributed by atoms with E-state index in [0.717, 1.165) is 5.56 Å². The Morgan fingerprint density at radius 1 is 1.22 bits per heavy atom. The highest BCUT2D eigenvalue weighted by Gasteiger charge is 2.16. The summed E-state index contributed by atoms with van der Waals surface area (Å²) in [5.74, 6) is 0. The summed E-state index contributed by atoms with van der Waals surface area (Å²) in [7, 11) is 1.66. The molecular weight excluding hydrogens is 230 g/mol. The molecule has 0 bridgehead atoms. The summed E-state index contributed by atoms with van der Waals surface area (Å²) < 4.78 is 10.4. The number of hydrogen-bond acceptors (Lipinski definition) is 3. The number of carbonyl (C=O) groups is 1. The normalized spacial score (nSPS) is 12.9. The van der Waals surface area contributed by atoms with E-state index in [-0.39, 0.29) is 6.10 Å². The van der Waals surface area contributed by atoms with Gasteiger partial charge in [-0.25, -0.2) is 4.79 Å². The van der Waals surface area contributed by atoms with Crippen LogP contribution >= 0.6 is 0 Å². The quantitative estimate of drug-likeness (QED) is 0.890. The maximum Gasteiger partial charge on any atom is 0.412 e. The van der Waals surface area contributed by atoms with E-state index >= 15 is 0 Å². The van der Waals surface area contributed by atoms with Gasteiger partial charge in [0.05, 0.1) is 6.10 Å². The Morgan fingerprint density at radius 2 is 1.78 bits per heavy atom. The number of carbonyl (C=O) groups excluding carboxylic acids is 1. The van der Waals surface area contributed by atoms with Crippen LogP contribution in [-0.2, 0) is 9.47 Å². The maximum atomic E-state index is 11.5. The first-order valence-corrected chi connectivity index (χ1v) is 5.94. The van der Waals surface area contributed by atoms with Crippen LogP contribution in [-0.4, -0.2) is 18.8 Å². The van der Waals surface area contributed by atoms with E-state index in [1.165, 1.54) is 0 Å². The molecule has 0 fully saturated rings. The lowest BCUT2D eigenvalue weighted by atomic mass is 10.1. The molecule has 0 saturated heterocycles. The number of amides is 1. The Bertz CT molecular complexity index is 392. The van der Waals surface area contributed by atoms with Crippen molar-refractivity contribution in [1.82, 2.24) is 0 Å². The molecule has 1 amide bonds. The molecular formula is C14H21NO3. The topological polar surface area (TPSA) is 47.6 Å². The summed E-state index contributed by atoms with van der Waals surface area (Å²) in [4.78, 5) is 11.5. The van der Waals surface area contributed by atoms with Crippen LogP contribution in [0, 0.1) is 0 Å². The molecule has 4 heteroatoms. The van der Waals surface area contributed by atoms with Gasteiger partial charge in [-0.1, -0.05) is 12.1 Å². The first kappa shape index (κ1) is 14.5. The summed E-state index contributed by atoms with van der Waals surface area (Å²) in [6.07, 6.45) is -0.407. The van der Waals surface area contributed by atoms with E-state index in [0.29, 0.717) is 5.69 Å². The van der Waals surface area contributed by atoms with Gasteiger partial charge in [-0.05, 0) is 45.4 Å². The van der Waals surface area contributed by atoms with E-state index < -0.39 is 11.7 Å². The van der Waals surface area contributed by atoms with Gasteiger partial charge >= 0.3 is 6.09 Å². The fourth-order valence-electron chi connectivity index (χ4n) is 1.40. The van der Waals surface area contributed by atoms with E-state index in [2.05, 4.69) is 5.32 Å². The lowest BCUT2D eigenvalue weighted by molar-refractivity contribution is 0.0636. The molecule has 0 aliphatic carbocycles. The highest BCUT2D eigenvalue weighted by atomic mass is 16.6. The smallest absolute Gasteiger partial charge is 0.412 e. The van der Waals surface area contributed by atoms with Gasteiger partial charge in [0, 0.05) is 12.8 Å². The van der Waals surface area contributed by atoms with Crippen molar-refractivity contribution in [2.24, 2.45) is 0 Å². The molecule has 0 radical (unpaired) electrons. The van der Waals surface area contributed by atoms with Gasteiger partial charge in [0.15, 0.2) is 0 Å². The molecule has 18 heavy (non-hydrogen) atoms. The van der Waals surface area contributed by atoms with Crippen molar-refractivity contribution in [3.63, 3.8) is 0 Å². The Labute approximate surface area is 108 Å². The average molecular weight is 251 g/mol. The molecule has 0 aliphatic heterocycles. The third-order valence-electron chi connectivity index (χ3n) is 2.38. The number of nitrogens with one attached hydrogen (secondary N) is 1. The standard InChI is InChI=1S/C14H21NO3/c1-10(17-5)11-6-8-12(9-7-11)15-13(16)18-14(2,3)4/h6-10H,1-5H3,(H,15,16). The fraction of sp³-hybridized carbons (Fsp3) is 0.500. The molecule has 0 aliphatic rings. The van der Waals surface area contributed by atoms with Gasteiger partial charge in [0.2, 0.25) is 0 Å². The molecule has 1 aromatic carbocycles. The molecule has 1 unspecified atom stereocenters. The Hall–Kier alpha value is -1.55. The molecule has 1 atom stereocenters. The van der Waals surface area contributed by atoms with Gasteiger partial charge in [-0.3, -0.25) is 5.32 Å². The van der Waals surface area contributed by atoms with Crippen molar-refractivity contribution >= 4 is 11.8 Å². The van der Waals surface area contributed by atoms with Crippen molar-refractivity contribution in [2.75, 3.05) is 12.4 Å². The van der Waals surface area contributed by atoms with Crippen molar-refractivity contribution in [3.8, 4) is 0 Å². The summed E-state index contributed by atoms with van der Waals surface area (Å²) in [6, 6.07) is 7.49. The minimum absolute atomic E-state index is 0.0422. The average Bonchev–Trinajstić information content (AvgIpc) is 2.26. The lowest BCUT2D eigenvalue weighted by Crippen LogP contribution is -2.27.